The number of rotatable bonds is 5. The third kappa shape index (κ3) is 3.81. The molecule has 0 heterocycles. The van der Waals surface area contributed by atoms with Crippen molar-refractivity contribution in [1.82, 2.24) is 0 Å². The lowest BCUT2D eigenvalue weighted by Crippen LogP contribution is -2.01. The van der Waals surface area contributed by atoms with E-state index in [0.29, 0.717) is 13.0 Å². The van der Waals surface area contributed by atoms with Crippen LogP contribution in [0.1, 0.15) is 25.0 Å². The van der Waals surface area contributed by atoms with Crippen LogP contribution in [0.5, 0.6) is 5.75 Å². The molecule has 84 valence electrons. The average Bonchev–Trinajstić information content (AvgIpc) is 2.17. The lowest BCUT2D eigenvalue weighted by atomic mass is 10.1. The predicted molar refractivity (Wildman–Crippen MR) is 62.0 cm³/mol. The second-order valence-electron chi connectivity index (χ2n) is 3.18. The maximum atomic E-state index is 9.70. The van der Waals surface area contributed by atoms with Crippen molar-refractivity contribution in [3.63, 3.8) is 0 Å². The molecule has 1 aromatic rings. The first kappa shape index (κ1) is 12.5. The zero-order chi connectivity index (χ0) is 11.3. The third-order valence-corrected chi connectivity index (χ3v) is 2.45. The highest BCUT2D eigenvalue weighted by Gasteiger charge is 2.09. The van der Waals surface area contributed by atoms with Crippen LogP contribution in [0, 0.1) is 0 Å². The first-order valence-electron chi connectivity index (χ1n) is 4.89. The van der Waals surface area contributed by atoms with Crippen molar-refractivity contribution >= 4 is 15.9 Å². The molecule has 0 aromatic heterocycles. The summed E-state index contributed by atoms with van der Waals surface area (Å²) >= 11 is 3.35. The van der Waals surface area contributed by atoms with Crippen molar-refractivity contribution in [2.24, 2.45) is 0 Å². The summed E-state index contributed by atoms with van der Waals surface area (Å²) in [4.78, 5) is 0. The van der Waals surface area contributed by atoms with Crippen LogP contribution >= 0.6 is 15.9 Å². The van der Waals surface area contributed by atoms with Crippen LogP contribution in [0.15, 0.2) is 22.7 Å². The Morgan fingerprint density at radius 3 is 2.73 bits per heavy atom. The Bertz CT molecular complexity index is 315. The molecule has 0 fully saturated rings. The monoisotopic (exact) mass is 274 g/mol. The predicted octanol–water partition coefficient (Wildman–Crippen LogP) is 2.26. The van der Waals surface area contributed by atoms with Crippen LogP contribution in [-0.4, -0.2) is 23.4 Å². The second kappa shape index (κ2) is 6.10. The van der Waals surface area contributed by atoms with Gasteiger partial charge in [-0.15, -0.1) is 0 Å². The fourth-order valence-corrected chi connectivity index (χ4v) is 1.81. The van der Waals surface area contributed by atoms with Gasteiger partial charge >= 0.3 is 0 Å². The van der Waals surface area contributed by atoms with E-state index in [1.165, 1.54) is 0 Å². The van der Waals surface area contributed by atoms with Gasteiger partial charge in [-0.25, -0.2) is 0 Å². The number of hydrogen-bond donors (Lipinski definition) is 2. The molecule has 0 radical (unpaired) electrons. The summed E-state index contributed by atoms with van der Waals surface area (Å²) < 4.78 is 6.21. The molecule has 0 aliphatic heterocycles. The van der Waals surface area contributed by atoms with Gasteiger partial charge in [-0.1, -0.05) is 15.9 Å². The molecule has 0 spiro atoms. The molecule has 0 saturated heterocycles. The summed E-state index contributed by atoms with van der Waals surface area (Å²) in [5, 5.41) is 18.4. The lowest BCUT2D eigenvalue weighted by molar-refractivity contribution is 0.134. The third-order valence-electron chi connectivity index (χ3n) is 1.99. The highest BCUT2D eigenvalue weighted by Crippen LogP contribution is 2.26. The van der Waals surface area contributed by atoms with E-state index in [4.69, 9.17) is 9.84 Å². The topological polar surface area (TPSA) is 49.7 Å². The van der Waals surface area contributed by atoms with Crippen LogP contribution < -0.4 is 4.74 Å². The van der Waals surface area contributed by atoms with E-state index in [-0.39, 0.29) is 6.61 Å². The van der Waals surface area contributed by atoms with E-state index in [1.807, 2.05) is 19.1 Å². The van der Waals surface area contributed by atoms with Crippen molar-refractivity contribution in [3.8, 4) is 5.75 Å². The van der Waals surface area contributed by atoms with E-state index < -0.39 is 6.10 Å². The SMILES string of the molecule is CCOc1cc(Br)cc(C(O)CCO)c1. The van der Waals surface area contributed by atoms with Crippen molar-refractivity contribution in [2.45, 2.75) is 19.4 Å². The van der Waals surface area contributed by atoms with Gasteiger partial charge in [0.2, 0.25) is 0 Å². The quantitative estimate of drug-likeness (QED) is 0.866. The first-order chi connectivity index (χ1) is 7.17. The van der Waals surface area contributed by atoms with Gasteiger partial charge in [-0.3, -0.25) is 0 Å². The van der Waals surface area contributed by atoms with E-state index in [9.17, 15) is 5.11 Å². The van der Waals surface area contributed by atoms with Gasteiger partial charge in [-0.05, 0) is 30.7 Å². The molecular weight excluding hydrogens is 260 g/mol. The van der Waals surface area contributed by atoms with Crippen LogP contribution in [0.4, 0.5) is 0 Å². The second-order valence-corrected chi connectivity index (χ2v) is 4.10. The summed E-state index contributed by atoms with van der Waals surface area (Å²) in [6.45, 7) is 2.47. The largest absolute Gasteiger partial charge is 0.494 e. The summed E-state index contributed by atoms with van der Waals surface area (Å²) in [5.41, 5.74) is 0.752. The fourth-order valence-electron chi connectivity index (χ4n) is 1.32. The molecule has 2 N–H and O–H groups in total. The number of benzene rings is 1. The van der Waals surface area contributed by atoms with Crippen molar-refractivity contribution in [2.75, 3.05) is 13.2 Å². The first-order valence-corrected chi connectivity index (χ1v) is 5.69. The molecule has 0 amide bonds. The number of ether oxygens (including phenoxy) is 1. The fraction of sp³-hybridized carbons (Fsp3) is 0.455. The summed E-state index contributed by atoms with van der Waals surface area (Å²) in [6, 6.07) is 5.45. The number of halogens is 1. The van der Waals surface area contributed by atoms with Gasteiger partial charge in [0, 0.05) is 17.5 Å². The van der Waals surface area contributed by atoms with Crippen molar-refractivity contribution in [1.29, 1.82) is 0 Å². The van der Waals surface area contributed by atoms with Crippen LogP contribution in [-0.2, 0) is 0 Å². The van der Waals surface area contributed by atoms with Crippen LogP contribution in [0.2, 0.25) is 0 Å². The molecule has 4 heteroatoms. The summed E-state index contributed by atoms with van der Waals surface area (Å²) in [7, 11) is 0. The number of aliphatic hydroxyl groups is 2. The van der Waals surface area contributed by atoms with Gasteiger partial charge in [0.05, 0.1) is 12.7 Å². The van der Waals surface area contributed by atoms with E-state index in [1.54, 1.807) is 6.07 Å². The molecule has 0 aliphatic rings. The van der Waals surface area contributed by atoms with Crippen LogP contribution in [0.25, 0.3) is 0 Å². The Morgan fingerprint density at radius 2 is 2.13 bits per heavy atom. The standard InChI is InChI=1S/C11H15BrO3/c1-2-15-10-6-8(5-9(12)7-10)11(14)3-4-13/h5-7,11,13-14H,2-4H2,1H3. The minimum Gasteiger partial charge on any atom is -0.494 e. The average molecular weight is 275 g/mol. The lowest BCUT2D eigenvalue weighted by Gasteiger charge is -2.12. The van der Waals surface area contributed by atoms with Crippen molar-refractivity contribution in [3.05, 3.63) is 28.2 Å². The zero-order valence-electron chi connectivity index (χ0n) is 8.61. The van der Waals surface area contributed by atoms with Crippen molar-refractivity contribution < 1.29 is 14.9 Å². The summed E-state index contributed by atoms with van der Waals surface area (Å²) in [5.74, 6) is 0.721. The molecule has 0 aliphatic carbocycles. The molecule has 0 saturated carbocycles. The van der Waals surface area contributed by atoms with Crippen LogP contribution in [0.3, 0.4) is 0 Å². The number of hydrogen-bond acceptors (Lipinski definition) is 3. The van der Waals surface area contributed by atoms with Gasteiger partial charge in [0.1, 0.15) is 5.75 Å². The Hall–Kier alpha value is -0.580. The Kier molecular flexibility index (Phi) is 5.08. The Morgan fingerprint density at radius 1 is 1.40 bits per heavy atom. The molecule has 15 heavy (non-hydrogen) atoms. The minimum atomic E-state index is -0.647. The van der Waals surface area contributed by atoms with E-state index in [2.05, 4.69) is 15.9 Å². The highest BCUT2D eigenvalue weighted by atomic mass is 79.9. The van der Waals surface area contributed by atoms with E-state index in [0.717, 1.165) is 15.8 Å². The molecule has 0 bridgehead atoms. The molecule has 3 nitrogen and oxygen atoms in total. The van der Waals surface area contributed by atoms with E-state index >= 15 is 0 Å². The molecular formula is C11H15BrO3. The van der Waals surface area contributed by atoms with Gasteiger partial charge in [0.25, 0.3) is 0 Å². The zero-order valence-corrected chi connectivity index (χ0v) is 10.2. The van der Waals surface area contributed by atoms with Gasteiger partial charge in [-0.2, -0.15) is 0 Å². The molecule has 1 atom stereocenters. The van der Waals surface area contributed by atoms with Gasteiger partial charge in [0.15, 0.2) is 0 Å². The number of aliphatic hydroxyl groups excluding tert-OH is 2. The van der Waals surface area contributed by atoms with Gasteiger partial charge < -0.3 is 14.9 Å². The highest BCUT2D eigenvalue weighted by molar-refractivity contribution is 9.10. The normalized spacial score (nSPS) is 12.5. The Labute approximate surface area is 97.8 Å². The summed E-state index contributed by atoms with van der Waals surface area (Å²) in [6.07, 6.45) is -0.311. The smallest absolute Gasteiger partial charge is 0.120 e. The maximum Gasteiger partial charge on any atom is 0.120 e. The molecule has 1 rings (SSSR count). The Balaban J connectivity index is 2.87. The minimum absolute atomic E-state index is 0.0301. The maximum absolute atomic E-state index is 9.70. The molecule has 1 unspecified atom stereocenters. The molecule has 1 aromatic carbocycles.